The Kier molecular flexibility index (Phi) is 9.62. The summed E-state index contributed by atoms with van der Waals surface area (Å²) in [5, 5.41) is 2.50. The molecule has 0 aromatic carbocycles. The molecule has 0 aliphatic carbocycles. The lowest BCUT2D eigenvalue weighted by Gasteiger charge is -2.03. The lowest BCUT2D eigenvalue weighted by molar-refractivity contribution is -0.143. The third-order valence-corrected chi connectivity index (χ3v) is 3.29. The van der Waals surface area contributed by atoms with E-state index in [2.05, 4.69) is 12.2 Å². The van der Waals surface area contributed by atoms with E-state index in [1.54, 1.807) is 0 Å². The Bertz CT molecular complexity index is 164. The molecular formula is C9H19NO3Si. The molecule has 0 aliphatic heterocycles. The Labute approximate surface area is 87.2 Å². The molecule has 0 bridgehead atoms. The van der Waals surface area contributed by atoms with Crippen LogP contribution in [0.1, 0.15) is 19.8 Å². The Morgan fingerprint density at radius 2 is 2.36 bits per heavy atom. The number of ether oxygens (including phenoxy) is 1. The van der Waals surface area contributed by atoms with E-state index in [-0.39, 0.29) is 15.5 Å². The van der Waals surface area contributed by atoms with Crippen molar-refractivity contribution in [2.24, 2.45) is 0 Å². The summed E-state index contributed by atoms with van der Waals surface area (Å²) >= 11 is 0. The Morgan fingerprint density at radius 1 is 1.57 bits per heavy atom. The Hall–Kier alpha value is -0.843. The molecule has 0 aliphatic rings. The van der Waals surface area contributed by atoms with E-state index in [9.17, 15) is 9.59 Å². The van der Waals surface area contributed by atoms with Crippen molar-refractivity contribution in [3.05, 3.63) is 0 Å². The van der Waals surface area contributed by atoms with E-state index in [1.165, 1.54) is 6.04 Å². The molecule has 0 aromatic rings. The van der Waals surface area contributed by atoms with Crippen LogP contribution in [0, 0.1) is 0 Å². The van der Waals surface area contributed by atoms with E-state index in [1.807, 2.05) is 0 Å². The Balaban J connectivity index is 3.15. The van der Waals surface area contributed by atoms with Crippen LogP contribution in [0.3, 0.4) is 0 Å². The third-order valence-electron chi connectivity index (χ3n) is 1.80. The molecular weight excluding hydrogens is 198 g/mol. The first kappa shape index (κ1) is 13.2. The van der Waals surface area contributed by atoms with Crippen molar-refractivity contribution < 1.29 is 14.3 Å². The van der Waals surface area contributed by atoms with Gasteiger partial charge in [-0.2, -0.15) is 0 Å². The maximum Gasteiger partial charge on any atom is 0.305 e. The first-order valence-corrected chi connectivity index (χ1v) is 7.14. The number of rotatable bonds is 9. The highest BCUT2D eigenvalue weighted by Gasteiger charge is 2.01. The molecule has 0 radical (unpaired) electrons. The molecule has 0 atom stereocenters. The quantitative estimate of drug-likeness (QED) is 0.257. The summed E-state index contributed by atoms with van der Waals surface area (Å²) in [4.78, 5) is 20.9. The van der Waals surface area contributed by atoms with Crippen molar-refractivity contribution in [2.75, 3.05) is 13.2 Å². The lowest BCUT2D eigenvalue weighted by Crippen LogP contribution is -2.14. The molecule has 1 amide bonds. The molecule has 0 heterocycles. The zero-order chi connectivity index (χ0) is 10.6. The summed E-state index contributed by atoms with van der Waals surface area (Å²) in [5.41, 5.74) is 0. The summed E-state index contributed by atoms with van der Waals surface area (Å²) in [6, 6.07) is 2.34. The van der Waals surface area contributed by atoms with Gasteiger partial charge in [0.1, 0.15) is 0 Å². The van der Waals surface area contributed by atoms with Crippen molar-refractivity contribution in [3.63, 3.8) is 0 Å². The van der Waals surface area contributed by atoms with Crippen LogP contribution in [0.5, 0.6) is 0 Å². The molecule has 4 nitrogen and oxygen atoms in total. The Morgan fingerprint density at radius 3 is 3.00 bits per heavy atom. The van der Waals surface area contributed by atoms with Gasteiger partial charge < -0.3 is 10.1 Å². The second-order valence-corrected chi connectivity index (χ2v) is 5.52. The largest absolute Gasteiger partial charge is 0.466 e. The number of carbonyl (C=O) groups excluding carboxylic acids is 2. The summed E-state index contributed by atoms with van der Waals surface area (Å²) in [6.45, 7) is 3.29. The summed E-state index contributed by atoms with van der Waals surface area (Å²) in [7, 11) is 0.0156. The summed E-state index contributed by atoms with van der Waals surface area (Å²) in [5.74, 6) is -0.150. The van der Waals surface area contributed by atoms with Crippen molar-refractivity contribution in [1.29, 1.82) is 0 Å². The van der Waals surface area contributed by atoms with Crippen LogP contribution in [-0.4, -0.2) is 35.1 Å². The highest BCUT2D eigenvalue weighted by atomic mass is 28.2. The standard InChI is InChI=1S/C9H19NO3Si/c1-2-14-7-6-13-9(12)4-3-5-10-8-11/h8H,2-7,14H2,1H3,(H,10,11). The fraction of sp³-hybridized carbons (Fsp3) is 0.778. The van der Waals surface area contributed by atoms with Crippen LogP contribution >= 0.6 is 0 Å². The van der Waals surface area contributed by atoms with Crippen molar-refractivity contribution in [1.82, 2.24) is 5.32 Å². The highest BCUT2D eigenvalue weighted by molar-refractivity contribution is 6.35. The van der Waals surface area contributed by atoms with Gasteiger partial charge >= 0.3 is 5.97 Å². The van der Waals surface area contributed by atoms with E-state index in [4.69, 9.17) is 4.74 Å². The normalized spacial score (nSPS) is 10.4. The van der Waals surface area contributed by atoms with Gasteiger partial charge in [-0.25, -0.2) is 0 Å². The first-order chi connectivity index (χ1) is 6.81. The monoisotopic (exact) mass is 217 g/mol. The van der Waals surface area contributed by atoms with E-state index in [0.717, 1.165) is 6.04 Å². The maximum atomic E-state index is 11.0. The molecule has 0 rings (SSSR count). The number of esters is 1. The maximum absolute atomic E-state index is 11.0. The summed E-state index contributed by atoms with van der Waals surface area (Å²) in [6.07, 6.45) is 1.69. The van der Waals surface area contributed by atoms with Crippen LogP contribution < -0.4 is 5.32 Å². The van der Waals surface area contributed by atoms with Gasteiger partial charge in [0.25, 0.3) is 0 Å². The van der Waals surface area contributed by atoms with E-state index >= 15 is 0 Å². The fourth-order valence-corrected chi connectivity index (χ4v) is 1.85. The van der Waals surface area contributed by atoms with Gasteiger partial charge in [0.2, 0.25) is 6.41 Å². The minimum Gasteiger partial charge on any atom is -0.466 e. The van der Waals surface area contributed by atoms with Gasteiger partial charge in [-0.05, 0) is 12.5 Å². The predicted octanol–water partition coefficient (Wildman–Crippen LogP) is 0.0811. The number of carbonyl (C=O) groups is 2. The van der Waals surface area contributed by atoms with Gasteiger partial charge in [0.05, 0.1) is 6.61 Å². The molecule has 0 aromatic heterocycles. The topological polar surface area (TPSA) is 55.4 Å². The van der Waals surface area contributed by atoms with Crippen LogP contribution in [0.25, 0.3) is 0 Å². The molecule has 0 unspecified atom stereocenters. The SMILES string of the molecule is CC[SiH2]CCOC(=O)CCCNC=O. The molecule has 0 spiro atoms. The van der Waals surface area contributed by atoms with Crippen molar-refractivity contribution >= 4 is 21.9 Å². The lowest BCUT2D eigenvalue weighted by atomic mass is 10.3. The van der Waals surface area contributed by atoms with E-state index < -0.39 is 0 Å². The van der Waals surface area contributed by atoms with Crippen molar-refractivity contribution in [3.8, 4) is 0 Å². The second kappa shape index (κ2) is 10.2. The van der Waals surface area contributed by atoms with Crippen LogP contribution in [0.2, 0.25) is 12.1 Å². The smallest absolute Gasteiger partial charge is 0.305 e. The predicted molar refractivity (Wildman–Crippen MR) is 58.1 cm³/mol. The zero-order valence-electron chi connectivity index (χ0n) is 8.75. The molecule has 82 valence electrons. The molecule has 0 fully saturated rings. The van der Waals surface area contributed by atoms with Gasteiger partial charge in [-0.15, -0.1) is 0 Å². The number of amides is 1. The average molecular weight is 217 g/mol. The molecule has 1 N–H and O–H groups in total. The number of hydrogen-bond donors (Lipinski definition) is 1. The highest BCUT2D eigenvalue weighted by Crippen LogP contribution is 1.93. The minimum absolute atomic E-state index is 0.0156. The molecule has 5 heteroatoms. The van der Waals surface area contributed by atoms with Crippen LogP contribution in [0.15, 0.2) is 0 Å². The number of nitrogens with one attached hydrogen (secondary N) is 1. The first-order valence-electron chi connectivity index (χ1n) is 5.14. The molecule has 14 heavy (non-hydrogen) atoms. The minimum atomic E-state index is -0.150. The van der Waals surface area contributed by atoms with E-state index in [0.29, 0.717) is 32.4 Å². The molecule has 0 saturated carbocycles. The zero-order valence-corrected chi connectivity index (χ0v) is 10.2. The van der Waals surface area contributed by atoms with Crippen LogP contribution in [-0.2, 0) is 14.3 Å². The summed E-state index contributed by atoms with van der Waals surface area (Å²) < 4.78 is 5.00. The average Bonchev–Trinajstić information content (AvgIpc) is 2.19. The number of hydrogen-bond acceptors (Lipinski definition) is 3. The fourth-order valence-electron chi connectivity index (χ4n) is 1.00. The van der Waals surface area contributed by atoms with Gasteiger partial charge in [-0.3, -0.25) is 9.59 Å². The van der Waals surface area contributed by atoms with Gasteiger partial charge in [0, 0.05) is 22.5 Å². The van der Waals surface area contributed by atoms with Gasteiger partial charge in [0.15, 0.2) is 0 Å². The third kappa shape index (κ3) is 9.25. The van der Waals surface area contributed by atoms with Gasteiger partial charge in [-0.1, -0.05) is 13.0 Å². The second-order valence-electron chi connectivity index (χ2n) is 3.10. The van der Waals surface area contributed by atoms with Crippen molar-refractivity contribution in [2.45, 2.75) is 31.9 Å². The van der Waals surface area contributed by atoms with Crippen LogP contribution in [0.4, 0.5) is 0 Å². The molecule has 0 saturated heterocycles.